The molecule has 0 radical (unpaired) electrons. The third-order valence-electron chi connectivity index (χ3n) is 4.48. The van der Waals surface area contributed by atoms with E-state index in [0.717, 1.165) is 25.9 Å². The lowest BCUT2D eigenvalue weighted by molar-refractivity contribution is 0.218. The normalized spacial score (nSPS) is 12.7. The van der Waals surface area contributed by atoms with Crippen molar-refractivity contribution < 1.29 is 13.6 Å². The molecule has 0 unspecified atom stereocenters. The monoisotopic (exact) mass is 390 g/mol. The summed E-state index contributed by atoms with van der Waals surface area (Å²) in [6.07, 6.45) is 1.91. The zero-order valence-electron chi connectivity index (χ0n) is 16.5. The molecule has 6 heteroatoms. The Morgan fingerprint density at radius 1 is 0.926 bits per heavy atom. The maximum absolute atomic E-state index is 13.3. The second kappa shape index (κ2) is 11.1. The molecule has 1 atom stereocenters. The number of nitrogens with zero attached hydrogens (tertiary/aromatic N) is 1. The largest absolute Gasteiger partial charge is 0.512 e. The van der Waals surface area contributed by atoms with Gasteiger partial charge in [0.05, 0.1) is 0 Å². The first kappa shape index (κ1) is 21.5. The minimum atomic E-state index is -3.52. The molecule has 0 aromatic heterocycles. The number of nitrogens with one attached hydrogen (secondary N) is 1. The SMILES string of the molecule is CCN(CC)[C@@H](C)CCCNP(=O)(Oc1ccccc1)Oc1ccccc1. The molecule has 0 amide bonds. The molecular formula is C21H31N2O3P. The van der Waals surface area contributed by atoms with Crippen molar-refractivity contribution in [2.75, 3.05) is 19.6 Å². The van der Waals surface area contributed by atoms with Crippen LogP contribution < -0.4 is 14.1 Å². The fraction of sp³-hybridized carbons (Fsp3) is 0.429. The zero-order valence-corrected chi connectivity index (χ0v) is 17.4. The zero-order chi connectivity index (χ0) is 19.5. The second-order valence-electron chi connectivity index (χ2n) is 6.43. The molecular weight excluding hydrogens is 359 g/mol. The van der Waals surface area contributed by atoms with Crippen molar-refractivity contribution in [3.63, 3.8) is 0 Å². The molecule has 27 heavy (non-hydrogen) atoms. The molecule has 0 aliphatic rings. The molecule has 0 aliphatic heterocycles. The average molecular weight is 390 g/mol. The van der Waals surface area contributed by atoms with Crippen LogP contribution in [0.1, 0.15) is 33.6 Å². The summed E-state index contributed by atoms with van der Waals surface area (Å²) in [5.74, 6) is 1.03. The van der Waals surface area contributed by atoms with Gasteiger partial charge in [-0.05, 0) is 57.1 Å². The van der Waals surface area contributed by atoms with Crippen molar-refractivity contribution in [3.05, 3.63) is 60.7 Å². The van der Waals surface area contributed by atoms with Gasteiger partial charge in [-0.3, -0.25) is 0 Å². The van der Waals surface area contributed by atoms with E-state index in [4.69, 9.17) is 9.05 Å². The highest BCUT2D eigenvalue weighted by molar-refractivity contribution is 7.52. The first-order valence-corrected chi connectivity index (χ1v) is 11.2. The van der Waals surface area contributed by atoms with Gasteiger partial charge in [-0.15, -0.1) is 0 Å². The van der Waals surface area contributed by atoms with Gasteiger partial charge < -0.3 is 13.9 Å². The molecule has 0 saturated heterocycles. The number of para-hydroxylation sites is 2. The Bertz CT molecular complexity index is 648. The standard InChI is InChI=1S/C21H31N2O3P/c1-4-23(5-2)19(3)13-12-18-22-27(24,25-20-14-8-6-9-15-20)26-21-16-10-7-11-17-21/h6-11,14-17,19H,4-5,12-13,18H2,1-3H3,(H,22,24)/t19-/m0/s1. The van der Waals surface area contributed by atoms with E-state index in [1.165, 1.54) is 0 Å². The van der Waals surface area contributed by atoms with E-state index in [1.807, 2.05) is 36.4 Å². The third-order valence-corrected chi connectivity index (χ3v) is 5.99. The minimum absolute atomic E-state index is 0.492. The predicted molar refractivity (Wildman–Crippen MR) is 111 cm³/mol. The van der Waals surface area contributed by atoms with Crippen LogP contribution in [0.2, 0.25) is 0 Å². The van der Waals surface area contributed by atoms with Crippen LogP contribution in [0, 0.1) is 0 Å². The molecule has 5 nitrogen and oxygen atoms in total. The van der Waals surface area contributed by atoms with Gasteiger partial charge in [0, 0.05) is 12.6 Å². The Morgan fingerprint density at radius 3 is 1.85 bits per heavy atom. The van der Waals surface area contributed by atoms with Crippen LogP contribution in [-0.2, 0) is 4.57 Å². The highest BCUT2D eigenvalue weighted by Gasteiger charge is 2.28. The first-order valence-electron chi connectivity index (χ1n) is 9.64. The summed E-state index contributed by atoms with van der Waals surface area (Å²) in [6, 6.07) is 18.7. The van der Waals surface area contributed by atoms with Crippen molar-refractivity contribution in [1.82, 2.24) is 9.99 Å². The van der Waals surface area contributed by atoms with Gasteiger partial charge >= 0.3 is 7.75 Å². The minimum Gasteiger partial charge on any atom is -0.405 e. The van der Waals surface area contributed by atoms with Crippen molar-refractivity contribution in [2.24, 2.45) is 0 Å². The molecule has 0 aliphatic carbocycles. The van der Waals surface area contributed by atoms with E-state index >= 15 is 0 Å². The van der Waals surface area contributed by atoms with E-state index in [0.29, 0.717) is 24.1 Å². The highest BCUT2D eigenvalue weighted by atomic mass is 31.2. The topological polar surface area (TPSA) is 50.8 Å². The molecule has 148 valence electrons. The van der Waals surface area contributed by atoms with Crippen molar-refractivity contribution >= 4 is 7.75 Å². The molecule has 0 heterocycles. The second-order valence-corrected chi connectivity index (χ2v) is 8.10. The third kappa shape index (κ3) is 7.37. The molecule has 0 spiro atoms. The fourth-order valence-electron chi connectivity index (χ4n) is 2.97. The van der Waals surface area contributed by atoms with Gasteiger partial charge in [-0.2, -0.15) is 0 Å². The lowest BCUT2D eigenvalue weighted by atomic mass is 10.1. The van der Waals surface area contributed by atoms with Gasteiger partial charge in [-0.1, -0.05) is 50.2 Å². The number of hydrogen-bond donors (Lipinski definition) is 1. The molecule has 0 fully saturated rings. The molecule has 1 N–H and O–H groups in total. The summed E-state index contributed by atoms with van der Waals surface area (Å²) in [6.45, 7) is 9.22. The van der Waals surface area contributed by atoms with E-state index < -0.39 is 7.75 Å². The van der Waals surface area contributed by atoms with E-state index in [-0.39, 0.29) is 0 Å². The average Bonchev–Trinajstić information content (AvgIpc) is 2.68. The Hall–Kier alpha value is -1.81. The highest BCUT2D eigenvalue weighted by Crippen LogP contribution is 2.44. The number of hydrogen-bond acceptors (Lipinski definition) is 4. The lowest BCUT2D eigenvalue weighted by Crippen LogP contribution is -2.33. The Morgan fingerprint density at radius 2 is 1.41 bits per heavy atom. The van der Waals surface area contributed by atoms with Crippen LogP contribution in [0.25, 0.3) is 0 Å². The molecule has 2 rings (SSSR count). The van der Waals surface area contributed by atoms with Crippen LogP contribution in [0.5, 0.6) is 11.5 Å². The smallest absolute Gasteiger partial charge is 0.405 e. The summed E-state index contributed by atoms with van der Waals surface area (Å²) >= 11 is 0. The summed E-state index contributed by atoms with van der Waals surface area (Å²) in [5.41, 5.74) is 0. The Labute approximate surface area is 163 Å². The van der Waals surface area contributed by atoms with Crippen molar-refractivity contribution in [1.29, 1.82) is 0 Å². The molecule has 0 saturated carbocycles. The Balaban J connectivity index is 1.96. The maximum Gasteiger partial charge on any atom is 0.512 e. The number of rotatable bonds is 12. The van der Waals surface area contributed by atoms with Gasteiger partial charge in [0.25, 0.3) is 0 Å². The summed E-state index contributed by atoms with van der Waals surface area (Å²) in [5, 5.41) is 3.02. The molecule has 2 aromatic carbocycles. The summed E-state index contributed by atoms with van der Waals surface area (Å²) in [7, 11) is -3.52. The van der Waals surface area contributed by atoms with E-state index in [1.54, 1.807) is 24.3 Å². The van der Waals surface area contributed by atoms with Gasteiger partial charge in [0.2, 0.25) is 0 Å². The fourth-order valence-corrected chi connectivity index (χ4v) is 4.36. The van der Waals surface area contributed by atoms with Gasteiger partial charge in [-0.25, -0.2) is 9.65 Å². The lowest BCUT2D eigenvalue weighted by Gasteiger charge is -2.26. The molecule has 0 bridgehead atoms. The number of benzene rings is 2. The van der Waals surface area contributed by atoms with Crippen LogP contribution in [-0.4, -0.2) is 30.6 Å². The van der Waals surface area contributed by atoms with E-state index in [2.05, 4.69) is 30.8 Å². The first-order chi connectivity index (χ1) is 13.1. The van der Waals surface area contributed by atoms with Crippen molar-refractivity contribution in [3.8, 4) is 11.5 Å². The summed E-state index contributed by atoms with van der Waals surface area (Å²) < 4.78 is 24.7. The Kier molecular flexibility index (Phi) is 8.86. The van der Waals surface area contributed by atoms with E-state index in [9.17, 15) is 4.57 Å². The predicted octanol–water partition coefficient (Wildman–Crippen LogP) is 5.35. The van der Waals surface area contributed by atoms with Crippen LogP contribution in [0.4, 0.5) is 0 Å². The van der Waals surface area contributed by atoms with Crippen molar-refractivity contribution in [2.45, 2.75) is 39.7 Å². The van der Waals surface area contributed by atoms with Crippen LogP contribution in [0.15, 0.2) is 60.7 Å². The van der Waals surface area contributed by atoms with Crippen LogP contribution in [0.3, 0.4) is 0 Å². The van der Waals surface area contributed by atoms with Crippen LogP contribution >= 0.6 is 7.75 Å². The quantitative estimate of drug-likeness (QED) is 0.391. The van der Waals surface area contributed by atoms with Gasteiger partial charge in [0.15, 0.2) is 0 Å². The summed E-state index contributed by atoms with van der Waals surface area (Å²) in [4.78, 5) is 2.42. The maximum atomic E-state index is 13.3. The molecule has 2 aromatic rings. The van der Waals surface area contributed by atoms with Gasteiger partial charge in [0.1, 0.15) is 11.5 Å².